The number of methoxy groups -OCH3 is 1. The Morgan fingerprint density at radius 1 is 0.980 bits per heavy atom. The highest BCUT2D eigenvalue weighted by atomic mass is 79.9. The van der Waals surface area contributed by atoms with E-state index >= 15 is 0 Å². The lowest BCUT2D eigenvalue weighted by molar-refractivity contribution is 0.0240. The number of nitrogens with one attached hydrogen (secondary N) is 2. The van der Waals surface area contributed by atoms with Gasteiger partial charge < -0.3 is 29.9 Å². The Kier molecular flexibility index (Phi) is 9.99. The van der Waals surface area contributed by atoms with Crippen molar-refractivity contribution in [1.82, 2.24) is 24.6 Å². The van der Waals surface area contributed by atoms with Gasteiger partial charge in [0.15, 0.2) is 0 Å². The van der Waals surface area contributed by atoms with E-state index in [-0.39, 0.29) is 6.09 Å². The summed E-state index contributed by atoms with van der Waals surface area (Å²) < 4.78 is 14.1. The van der Waals surface area contributed by atoms with Crippen LogP contribution in [-0.2, 0) is 11.8 Å². The lowest BCUT2D eigenvalue weighted by Gasteiger charge is -2.37. The number of hydrogen-bond donors (Lipinski definition) is 2. The molecule has 0 radical (unpaired) electrons. The first-order chi connectivity index (χ1) is 23.4. The highest BCUT2D eigenvalue weighted by Gasteiger charge is 2.28. The molecule has 13 heteroatoms. The predicted molar refractivity (Wildman–Crippen MR) is 204 cm³/mol. The second-order valence-electron chi connectivity index (χ2n) is 13.1. The minimum absolute atomic E-state index is 0.290. The molecule has 6 rings (SSSR count). The zero-order valence-electron chi connectivity index (χ0n) is 28.9. The number of anilines is 5. The van der Waals surface area contributed by atoms with Crippen LogP contribution in [0, 0.1) is 0 Å². The van der Waals surface area contributed by atoms with Crippen molar-refractivity contribution in [3.05, 3.63) is 71.6 Å². The van der Waals surface area contributed by atoms with E-state index in [2.05, 4.69) is 91.3 Å². The van der Waals surface area contributed by atoms with Gasteiger partial charge in [-0.1, -0.05) is 38.3 Å². The fraction of sp³-hybridized carbons (Fsp3) is 0.333. The summed E-state index contributed by atoms with van der Waals surface area (Å²) in [7, 11) is 3.14. The van der Waals surface area contributed by atoms with Crippen LogP contribution in [0.4, 0.5) is 33.6 Å². The maximum Gasteiger partial charge on any atom is 0.410 e. The summed E-state index contributed by atoms with van der Waals surface area (Å²) in [4.78, 5) is 26.2. The predicted octanol–water partition coefficient (Wildman–Crippen LogP) is 7.71. The van der Waals surface area contributed by atoms with Crippen molar-refractivity contribution < 1.29 is 14.3 Å². The molecule has 0 aliphatic carbocycles. The SMILES string of the molecule is COc1cc(N2CCN(C(=O)OC(C)(C)C)CC2)c(-c2cnn(C)c2)cc1Nc1ncc(Br)c(Nc2ccc3ccccc3c2P(C)C)n1. The van der Waals surface area contributed by atoms with Gasteiger partial charge in [0.25, 0.3) is 0 Å². The summed E-state index contributed by atoms with van der Waals surface area (Å²) in [6.07, 6.45) is 5.29. The average Bonchev–Trinajstić information content (AvgIpc) is 3.51. The molecule has 0 saturated carbocycles. The van der Waals surface area contributed by atoms with E-state index in [9.17, 15) is 4.79 Å². The molecular weight excluding hydrogens is 703 g/mol. The molecule has 0 unspecified atom stereocenters. The van der Waals surface area contributed by atoms with Gasteiger partial charge in [-0.2, -0.15) is 10.1 Å². The lowest BCUT2D eigenvalue weighted by atomic mass is 10.0. The van der Waals surface area contributed by atoms with E-state index < -0.39 is 13.5 Å². The Bertz CT molecular complexity index is 1990. The summed E-state index contributed by atoms with van der Waals surface area (Å²) in [5, 5.41) is 15.2. The quantitative estimate of drug-likeness (QED) is 0.155. The number of hydrogen-bond acceptors (Lipinski definition) is 9. The molecule has 2 N–H and O–H groups in total. The van der Waals surface area contributed by atoms with Crippen molar-refractivity contribution in [2.75, 3.05) is 62.2 Å². The molecule has 1 amide bonds. The number of aryl methyl sites for hydroxylation is 1. The zero-order valence-corrected chi connectivity index (χ0v) is 31.4. The van der Waals surface area contributed by atoms with E-state index in [0.29, 0.717) is 49.4 Å². The van der Waals surface area contributed by atoms with Crippen LogP contribution in [0.25, 0.3) is 21.9 Å². The van der Waals surface area contributed by atoms with Gasteiger partial charge in [0, 0.05) is 79.5 Å². The molecule has 0 atom stereocenters. The summed E-state index contributed by atoms with van der Waals surface area (Å²) in [5.41, 5.74) is 4.10. The second kappa shape index (κ2) is 14.2. The average molecular weight is 746 g/mol. The summed E-state index contributed by atoms with van der Waals surface area (Å²) in [6, 6.07) is 16.8. The molecule has 1 aliphatic heterocycles. The summed E-state index contributed by atoms with van der Waals surface area (Å²) in [6.45, 7) is 12.5. The number of benzene rings is 3. The molecule has 0 bridgehead atoms. The highest BCUT2D eigenvalue weighted by molar-refractivity contribution is 9.10. The standard InChI is InChI=1S/C36H42BrN8O3P/c1-36(2,3)48-35(46)45-16-14-44(15-17-45)30-19-31(47-5)29(18-26(30)24-20-39-43(4)22-24)41-34-38-21-27(37)33(42-34)40-28-13-12-23-10-8-9-11-25(23)32(28)49(6)7/h8-13,18-22H,14-17H2,1-7H3,(H2,38,40,41,42). The molecule has 3 aromatic carbocycles. The second-order valence-corrected chi connectivity index (χ2v) is 16.2. The topological polar surface area (TPSA) is 110 Å². The number of fused-ring (bicyclic) bond motifs is 1. The van der Waals surface area contributed by atoms with Gasteiger partial charge in [0.2, 0.25) is 5.95 Å². The third-order valence-electron chi connectivity index (χ3n) is 8.20. The van der Waals surface area contributed by atoms with Crippen LogP contribution in [0.5, 0.6) is 5.75 Å². The maximum absolute atomic E-state index is 12.7. The van der Waals surface area contributed by atoms with Gasteiger partial charge in [-0.15, -0.1) is 0 Å². The fourth-order valence-electron chi connectivity index (χ4n) is 5.95. The minimum Gasteiger partial charge on any atom is -0.494 e. The first-order valence-corrected chi connectivity index (χ1v) is 19.1. The number of piperazine rings is 1. The Balaban J connectivity index is 1.30. The number of amides is 1. The van der Waals surface area contributed by atoms with E-state index in [1.165, 1.54) is 16.1 Å². The van der Waals surface area contributed by atoms with Crippen LogP contribution in [0.1, 0.15) is 20.8 Å². The summed E-state index contributed by atoms with van der Waals surface area (Å²) in [5.74, 6) is 1.70. The van der Waals surface area contributed by atoms with Gasteiger partial charge in [-0.25, -0.2) is 9.78 Å². The molecule has 0 spiro atoms. The number of halogens is 1. The van der Waals surface area contributed by atoms with Gasteiger partial charge in [0.1, 0.15) is 17.2 Å². The van der Waals surface area contributed by atoms with Crippen molar-refractivity contribution >= 4 is 74.9 Å². The first kappa shape index (κ1) is 34.5. The molecule has 1 fully saturated rings. The molecule has 3 heterocycles. The Morgan fingerprint density at radius 3 is 2.41 bits per heavy atom. The Hall–Kier alpha value is -4.41. The number of ether oxygens (including phenoxy) is 2. The zero-order chi connectivity index (χ0) is 34.9. The first-order valence-electron chi connectivity index (χ1n) is 16.1. The number of nitrogens with zero attached hydrogens (tertiary/aromatic N) is 6. The van der Waals surface area contributed by atoms with E-state index in [0.717, 1.165) is 27.0 Å². The van der Waals surface area contributed by atoms with Crippen molar-refractivity contribution in [1.29, 1.82) is 0 Å². The molecule has 5 aromatic rings. The van der Waals surface area contributed by atoms with Crippen LogP contribution in [-0.4, -0.2) is 83.0 Å². The van der Waals surface area contributed by atoms with Crippen molar-refractivity contribution in [3.8, 4) is 16.9 Å². The molecule has 2 aromatic heterocycles. The van der Waals surface area contributed by atoms with Gasteiger partial charge >= 0.3 is 6.09 Å². The summed E-state index contributed by atoms with van der Waals surface area (Å²) >= 11 is 3.66. The molecule has 49 heavy (non-hydrogen) atoms. The normalized spacial score (nSPS) is 13.6. The van der Waals surface area contributed by atoms with Crippen LogP contribution in [0.15, 0.2) is 71.6 Å². The Labute approximate surface area is 296 Å². The number of rotatable bonds is 8. The molecule has 256 valence electrons. The number of carbonyl (C=O) groups excluding carboxylic acids is 1. The van der Waals surface area contributed by atoms with Gasteiger partial charge in [0.05, 0.1) is 23.5 Å². The van der Waals surface area contributed by atoms with Crippen LogP contribution < -0.4 is 25.6 Å². The molecule has 11 nitrogen and oxygen atoms in total. The fourth-order valence-corrected chi connectivity index (χ4v) is 7.53. The Morgan fingerprint density at radius 2 is 1.73 bits per heavy atom. The maximum atomic E-state index is 12.7. The van der Waals surface area contributed by atoms with E-state index in [1.807, 2.05) is 52.3 Å². The van der Waals surface area contributed by atoms with Crippen LogP contribution in [0.3, 0.4) is 0 Å². The van der Waals surface area contributed by atoms with Gasteiger partial charge in [-0.3, -0.25) is 4.68 Å². The number of aromatic nitrogens is 4. The van der Waals surface area contributed by atoms with E-state index in [1.54, 1.807) is 22.9 Å². The number of carbonyl (C=O) groups is 1. The van der Waals surface area contributed by atoms with Gasteiger partial charge in [-0.05, 0) is 72.9 Å². The lowest BCUT2D eigenvalue weighted by Crippen LogP contribution is -2.50. The smallest absolute Gasteiger partial charge is 0.410 e. The third-order valence-corrected chi connectivity index (χ3v) is 10.2. The highest BCUT2D eigenvalue weighted by Crippen LogP contribution is 2.41. The molecular formula is C36H42BrN8O3P. The molecule has 1 saturated heterocycles. The van der Waals surface area contributed by atoms with Crippen molar-refractivity contribution in [3.63, 3.8) is 0 Å². The third kappa shape index (κ3) is 7.76. The van der Waals surface area contributed by atoms with Crippen molar-refractivity contribution in [2.45, 2.75) is 26.4 Å². The van der Waals surface area contributed by atoms with E-state index in [4.69, 9.17) is 14.5 Å². The van der Waals surface area contributed by atoms with Crippen LogP contribution >= 0.6 is 23.9 Å². The monoisotopic (exact) mass is 744 g/mol. The molecule has 1 aliphatic rings. The van der Waals surface area contributed by atoms with Crippen LogP contribution in [0.2, 0.25) is 0 Å². The van der Waals surface area contributed by atoms with Crippen molar-refractivity contribution in [2.24, 2.45) is 7.05 Å². The minimum atomic E-state index is -0.540. The largest absolute Gasteiger partial charge is 0.494 e.